The number of nitrogens with zero attached hydrogens (tertiary/aromatic N) is 1. The summed E-state index contributed by atoms with van der Waals surface area (Å²) in [5.74, 6) is 0.0758. The molecular formula is C15H23FN2O3S. The van der Waals surface area contributed by atoms with E-state index in [0.717, 1.165) is 12.0 Å². The number of ether oxygens (including phenoxy) is 1. The van der Waals surface area contributed by atoms with Crippen LogP contribution in [-0.4, -0.2) is 45.2 Å². The molecule has 7 heteroatoms. The summed E-state index contributed by atoms with van der Waals surface area (Å²) in [5.41, 5.74) is 0.844. The standard InChI is InChI=1S/C15H23FN2O3S/c1-11-10-18(22(3,19)20)7-6-14(11)17-9-12-4-5-15(21-2)13(16)8-12/h4-5,8,11,14,17H,6-7,9-10H2,1-3H3/t11-,14+/m0/s1. The zero-order valence-corrected chi connectivity index (χ0v) is 14.0. The SMILES string of the molecule is COc1ccc(CN[C@@H]2CCN(S(C)(=O)=O)C[C@@H]2C)cc1F. The van der Waals surface area contributed by atoms with Gasteiger partial charge in [0.05, 0.1) is 13.4 Å². The van der Waals surface area contributed by atoms with Gasteiger partial charge in [-0.2, -0.15) is 0 Å². The van der Waals surface area contributed by atoms with E-state index in [1.807, 2.05) is 13.0 Å². The zero-order valence-electron chi connectivity index (χ0n) is 13.2. The number of piperidine rings is 1. The van der Waals surface area contributed by atoms with Gasteiger partial charge in [-0.05, 0) is 30.0 Å². The molecule has 2 rings (SSSR count). The highest BCUT2D eigenvalue weighted by molar-refractivity contribution is 7.88. The Balaban J connectivity index is 1.91. The Labute approximate surface area is 131 Å². The molecule has 0 spiro atoms. The molecule has 0 saturated carbocycles. The predicted molar refractivity (Wildman–Crippen MR) is 83.8 cm³/mol. The number of sulfonamides is 1. The quantitative estimate of drug-likeness (QED) is 0.891. The van der Waals surface area contributed by atoms with Crippen LogP contribution in [0.4, 0.5) is 4.39 Å². The van der Waals surface area contributed by atoms with Crippen molar-refractivity contribution in [2.24, 2.45) is 5.92 Å². The molecule has 1 saturated heterocycles. The van der Waals surface area contributed by atoms with Crippen LogP contribution in [-0.2, 0) is 16.6 Å². The average molecular weight is 330 g/mol. The number of hydrogen-bond acceptors (Lipinski definition) is 4. The van der Waals surface area contributed by atoms with Crippen LogP contribution in [0.25, 0.3) is 0 Å². The molecule has 5 nitrogen and oxygen atoms in total. The fourth-order valence-electron chi connectivity index (χ4n) is 2.78. The first-order chi connectivity index (χ1) is 10.3. The monoisotopic (exact) mass is 330 g/mol. The zero-order chi connectivity index (χ0) is 16.3. The van der Waals surface area contributed by atoms with Crippen LogP contribution < -0.4 is 10.1 Å². The lowest BCUT2D eigenvalue weighted by atomic mass is 9.95. The molecule has 2 atom stereocenters. The van der Waals surface area contributed by atoms with Crippen molar-refractivity contribution in [2.75, 3.05) is 26.5 Å². The maximum atomic E-state index is 13.6. The van der Waals surface area contributed by atoms with Gasteiger partial charge < -0.3 is 10.1 Å². The summed E-state index contributed by atoms with van der Waals surface area (Å²) in [6.45, 7) is 3.63. The van der Waals surface area contributed by atoms with Gasteiger partial charge in [0, 0.05) is 25.7 Å². The number of methoxy groups -OCH3 is 1. The van der Waals surface area contributed by atoms with Crippen molar-refractivity contribution in [3.8, 4) is 5.75 Å². The molecule has 0 amide bonds. The van der Waals surface area contributed by atoms with E-state index < -0.39 is 10.0 Å². The summed E-state index contributed by atoms with van der Waals surface area (Å²) in [7, 11) is -1.68. The molecule has 0 aliphatic carbocycles. The molecule has 1 fully saturated rings. The van der Waals surface area contributed by atoms with Crippen molar-refractivity contribution >= 4 is 10.0 Å². The minimum Gasteiger partial charge on any atom is -0.494 e. The number of halogens is 1. The van der Waals surface area contributed by atoms with E-state index in [1.54, 1.807) is 6.07 Å². The topological polar surface area (TPSA) is 58.6 Å². The van der Waals surface area contributed by atoms with Crippen LogP contribution in [0.1, 0.15) is 18.9 Å². The Morgan fingerprint density at radius 2 is 2.18 bits per heavy atom. The van der Waals surface area contributed by atoms with E-state index in [-0.39, 0.29) is 23.5 Å². The molecule has 1 N–H and O–H groups in total. The Morgan fingerprint density at radius 1 is 1.45 bits per heavy atom. The van der Waals surface area contributed by atoms with Crippen LogP contribution in [0.15, 0.2) is 18.2 Å². The first-order valence-electron chi connectivity index (χ1n) is 7.32. The van der Waals surface area contributed by atoms with E-state index in [2.05, 4.69) is 5.32 Å². The van der Waals surface area contributed by atoms with Crippen LogP contribution in [0.2, 0.25) is 0 Å². The highest BCUT2D eigenvalue weighted by atomic mass is 32.2. The van der Waals surface area contributed by atoms with Gasteiger partial charge in [-0.15, -0.1) is 0 Å². The number of benzene rings is 1. The van der Waals surface area contributed by atoms with Gasteiger partial charge in [0.15, 0.2) is 11.6 Å². The van der Waals surface area contributed by atoms with E-state index in [9.17, 15) is 12.8 Å². The Hall–Kier alpha value is -1.18. The molecule has 0 bridgehead atoms. The van der Waals surface area contributed by atoms with E-state index in [0.29, 0.717) is 19.6 Å². The molecular weight excluding hydrogens is 307 g/mol. The first-order valence-corrected chi connectivity index (χ1v) is 9.17. The molecule has 1 aromatic carbocycles. The number of rotatable bonds is 5. The van der Waals surface area contributed by atoms with Gasteiger partial charge in [-0.25, -0.2) is 17.1 Å². The van der Waals surface area contributed by atoms with E-state index >= 15 is 0 Å². The van der Waals surface area contributed by atoms with Crippen molar-refractivity contribution in [1.29, 1.82) is 0 Å². The van der Waals surface area contributed by atoms with Crippen molar-refractivity contribution in [2.45, 2.75) is 25.9 Å². The minimum atomic E-state index is -3.12. The van der Waals surface area contributed by atoms with Gasteiger partial charge in [0.25, 0.3) is 0 Å². The van der Waals surface area contributed by atoms with Crippen molar-refractivity contribution in [3.05, 3.63) is 29.6 Å². The Morgan fingerprint density at radius 3 is 2.73 bits per heavy atom. The van der Waals surface area contributed by atoms with Gasteiger partial charge in [-0.1, -0.05) is 13.0 Å². The molecule has 1 aromatic rings. The lowest BCUT2D eigenvalue weighted by Crippen LogP contribution is -2.49. The predicted octanol–water partition coefficient (Wildman–Crippen LogP) is 1.59. The Bertz CT molecular complexity index is 621. The average Bonchev–Trinajstić information content (AvgIpc) is 2.45. The molecule has 1 aliphatic heterocycles. The summed E-state index contributed by atoms with van der Waals surface area (Å²) >= 11 is 0. The normalized spacial score (nSPS) is 23.5. The van der Waals surface area contributed by atoms with Gasteiger partial charge >= 0.3 is 0 Å². The lowest BCUT2D eigenvalue weighted by molar-refractivity contribution is 0.220. The van der Waals surface area contributed by atoms with E-state index in [1.165, 1.54) is 23.7 Å². The fraction of sp³-hybridized carbons (Fsp3) is 0.600. The molecule has 0 aromatic heterocycles. The molecule has 1 heterocycles. The third kappa shape index (κ3) is 4.18. The number of nitrogens with one attached hydrogen (secondary N) is 1. The highest BCUT2D eigenvalue weighted by Crippen LogP contribution is 2.21. The first kappa shape index (κ1) is 17.2. The maximum absolute atomic E-state index is 13.6. The molecule has 0 unspecified atom stereocenters. The van der Waals surface area contributed by atoms with Crippen LogP contribution in [0.5, 0.6) is 5.75 Å². The fourth-order valence-corrected chi connectivity index (χ4v) is 3.72. The second-order valence-corrected chi connectivity index (χ2v) is 7.83. The molecule has 22 heavy (non-hydrogen) atoms. The highest BCUT2D eigenvalue weighted by Gasteiger charge is 2.29. The third-order valence-electron chi connectivity index (χ3n) is 4.12. The summed E-state index contributed by atoms with van der Waals surface area (Å²) < 4.78 is 43.2. The van der Waals surface area contributed by atoms with Crippen molar-refractivity contribution < 1.29 is 17.5 Å². The summed E-state index contributed by atoms with van der Waals surface area (Å²) in [5, 5.41) is 3.40. The van der Waals surface area contributed by atoms with Gasteiger partial charge in [0.1, 0.15) is 0 Å². The molecule has 1 aliphatic rings. The molecule has 124 valence electrons. The smallest absolute Gasteiger partial charge is 0.211 e. The number of hydrogen-bond donors (Lipinski definition) is 1. The van der Waals surface area contributed by atoms with Crippen LogP contribution in [0, 0.1) is 11.7 Å². The second-order valence-electron chi connectivity index (χ2n) is 5.84. The van der Waals surface area contributed by atoms with Crippen molar-refractivity contribution in [1.82, 2.24) is 9.62 Å². The summed E-state index contributed by atoms with van der Waals surface area (Å²) in [6.07, 6.45) is 2.00. The van der Waals surface area contributed by atoms with Gasteiger partial charge in [0.2, 0.25) is 10.0 Å². The minimum absolute atomic E-state index is 0.214. The maximum Gasteiger partial charge on any atom is 0.211 e. The summed E-state index contributed by atoms with van der Waals surface area (Å²) in [6, 6.07) is 5.12. The van der Waals surface area contributed by atoms with Crippen LogP contribution in [0.3, 0.4) is 0 Å². The van der Waals surface area contributed by atoms with Crippen molar-refractivity contribution in [3.63, 3.8) is 0 Å². The van der Waals surface area contributed by atoms with Gasteiger partial charge in [-0.3, -0.25) is 0 Å². The third-order valence-corrected chi connectivity index (χ3v) is 5.39. The largest absolute Gasteiger partial charge is 0.494 e. The Kier molecular flexibility index (Phi) is 5.41. The second kappa shape index (κ2) is 6.93. The molecule has 0 radical (unpaired) electrons. The van der Waals surface area contributed by atoms with E-state index in [4.69, 9.17) is 4.74 Å². The van der Waals surface area contributed by atoms with Crippen LogP contribution >= 0.6 is 0 Å². The summed E-state index contributed by atoms with van der Waals surface area (Å²) in [4.78, 5) is 0. The lowest BCUT2D eigenvalue weighted by Gasteiger charge is -2.36.